The van der Waals surface area contributed by atoms with Gasteiger partial charge in [-0.1, -0.05) is 179 Å². The molecule has 0 spiro atoms. The Hall–Kier alpha value is -5.23. The van der Waals surface area contributed by atoms with Gasteiger partial charge in [0.25, 0.3) is 0 Å². The van der Waals surface area contributed by atoms with Crippen LogP contribution in [0, 0.1) is 0 Å². The third kappa shape index (κ3) is 5.16. The highest BCUT2D eigenvalue weighted by Gasteiger charge is 2.57. The van der Waals surface area contributed by atoms with E-state index in [0.717, 1.165) is 12.8 Å². The fourth-order valence-electron chi connectivity index (χ4n) is 10.7. The first-order chi connectivity index (χ1) is 26.9. The minimum atomic E-state index is -0.572. The van der Waals surface area contributed by atoms with Crippen LogP contribution in [0.4, 0.5) is 17.1 Å². The summed E-state index contributed by atoms with van der Waals surface area (Å²) in [7, 11) is -0.572. The smallest absolute Gasteiger partial charge is 0.0670 e. The molecule has 0 amide bonds. The number of allylic oxidation sites excluding steroid dienone is 6. The molecule has 6 aromatic carbocycles. The van der Waals surface area contributed by atoms with Crippen molar-refractivity contribution in [2.24, 2.45) is 0 Å². The Labute approximate surface area is 328 Å². The van der Waals surface area contributed by atoms with Crippen molar-refractivity contribution in [3.05, 3.63) is 221 Å². The fourth-order valence-corrected chi connectivity index (χ4v) is 13.3. The summed E-state index contributed by atoms with van der Waals surface area (Å²) < 4.78 is 0. The van der Waals surface area contributed by atoms with Crippen molar-refractivity contribution in [2.75, 3.05) is 4.90 Å². The van der Waals surface area contributed by atoms with Gasteiger partial charge in [-0.25, -0.2) is 0 Å². The Bertz CT molecular complexity index is 2450. The molecular weight excluding hydrogens is 682 g/mol. The standard InChI is InChI=1S/C53H48NP/c1-51(2)46-27-15-16-28-48(46)54(40-19-7-4-8-20-40)49-35-32-39(37-47(49)51)53(45-26-14-13-25-44(45)52(3)36-18-17-29-50(52)53)38-30-33-43(34-31-38)55(41-21-9-5-10-22-41)42-23-11-6-12-24-42/h4-16,19-33,35,37,43H,17-18,34,36H2,1-3H3. The fraction of sp³-hybridized carbons (Fsp3) is 0.208. The largest absolute Gasteiger partial charge is 0.310 e. The van der Waals surface area contributed by atoms with Crippen LogP contribution in [0.15, 0.2) is 193 Å². The van der Waals surface area contributed by atoms with Crippen LogP contribution in [-0.4, -0.2) is 5.66 Å². The van der Waals surface area contributed by atoms with E-state index in [2.05, 4.69) is 208 Å². The maximum atomic E-state index is 2.64. The molecule has 2 heteroatoms. The van der Waals surface area contributed by atoms with Gasteiger partial charge >= 0.3 is 0 Å². The maximum absolute atomic E-state index is 2.64. The lowest BCUT2D eigenvalue weighted by Crippen LogP contribution is -2.37. The van der Waals surface area contributed by atoms with E-state index in [1.165, 1.54) is 73.9 Å². The molecule has 0 fully saturated rings. The predicted molar refractivity (Wildman–Crippen MR) is 234 cm³/mol. The van der Waals surface area contributed by atoms with E-state index in [1.807, 2.05) is 0 Å². The number of anilines is 3. The van der Waals surface area contributed by atoms with Crippen molar-refractivity contribution in [3.8, 4) is 0 Å². The number of fused-ring (bicyclic) bond motifs is 5. The second-order valence-electron chi connectivity index (χ2n) is 16.5. The minimum absolute atomic E-state index is 0.0187. The lowest BCUT2D eigenvalue weighted by Gasteiger charge is -2.45. The summed E-state index contributed by atoms with van der Waals surface area (Å²) in [5.41, 5.74) is 13.6. The van der Waals surface area contributed by atoms with Crippen molar-refractivity contribution >= 4 is 35.6 Å². The van der Waals surface area contributed by atoms with E-state index in [4.69, 9.17) is 0 Å². The lowest BCUT2D eigenvalue weighted by molar-refractivity contribution is 0.454. The molecule has 0 radical (unpaired) electrons. The Balaban J connectivity index is 1.18. The van der Waals surface area contributed by atoms with Gasteiger partial charge in [0, 0.05) is 22.2 Å². The molecule has 0 bridgehead atoms. The van der Waals surface area contributed by atoms with Crippen LogP contribution in [-0.2, 0) is 16.2 Å². The summed E-state index contributed by atoms with van der Waals surface area (Å²) in [5.74, 6) is 0. The van der Waals surface area contributed by atoms with Crippen LogP contribution < -0.4 is 15.5 Å². The van der Waals surface area contributed by atoms with Gasteiger partial charge in [-0.05, 0) is 107 Å². The molecule has 1 aliphatic heterocycles. The van der Waals surface area contributed by atoms with Gasteiger partial charge in [-0.15, -0.1) is 0 Å². The van der Waals surface area contributed by atoms with E-state index in [1.54, 1.807) is 5.57 Å². The number of para-hydroxylation sites is 2. The molecule has 0 saturated carbocycles. The highest BCUT2D eigenvalue weighted by Crippen LogP contribution is 2.65. The molecule has 1 heterocycles. The Morgan fingerprint density at radius 2 is 1.18 bits per heavy atom. The number of rotatable bonds is 6. The number of hydrogen-bond acceptors (Lipinski definition) is 1. The van der Waals surface area contributed by atoms with E-state index in [-0.39, 0.29) is 16.2 Å². The van der Waals surface area contributed by atoms with Crippen LogP contribution >= 0.6 is 7.92 Å². The summed E-state index contributed by atoms with van der Waals surface area (Å²) in [4.78, 5) is 2.48. The summed E-state index contributed by atoms with van der Waals surface area (Å²) in [5, 5.41) is 2.89. The molecule has 1 nitrogen and oxygen atoms in total. The lowest BCUT2D eigenvalue weighted by atomic mass is 9.60. The quantitative estimate of drug-likeness (QED) is 0.122. The van der Waals surface area contributed by atoms with Crippen molar-refractivity contribution < 1.29 is 0 Å². The van der Waals surface area contributed by atoms with E-state index < -0.39 is 7.92 Å². The molecule has 3 aliphatic carbocycles. The van der Waals surface area contributed by atoms with Gasteiger partial charge < -0.3 is 4.90 Å². The van der Waals surface area contributed by atoms with Crippen molar-refractivity contribution in [2.45, 2.75) is 68.4 Å². The Morgan fingerprint density at radius 1 is 0.582 bits per heavy atom. The summed E-state index contributed by atoms with van der Waals surface area (Å²) in [6.07, 6.45) is 14.9. The first kappa shape index (κ1) is 34.3. The van der Waals surface area contributed by atoms with Gasteiger partial charge in [-0.2, -0.15) is 0 Å². The molecule has 10 rings (SSSR count). The van der Waals surface area contributed by atoms with Crippen LogP contribution in [0.3, 0.4) is 0 Å². The van der Waals surface area contributed by atoms with Gasteiger partial charge in [0.2, 0.25) is 0 Å². The summed E-state index contributed by atoms with van der Waals surface area (Å²) in [6.45, 7) is 7.39. The monoisotopic (exact) mass is 729 g/mol. The van der Waals surface area contributed by atoms with Gasteiger partial charge in [-0.3, -0.25) is 0 Å². The molecule has 3 atom stereocenters. The number of hydrogen-bond donors (Lipinski definition) is 0. The molecule has 0 saturated heterocycles. The van der Waals surface area contributed by atoms with Crippen molar-refractivity contribution in [3.63, 3.8) is 0 Å². The zero-order chi connectivity index (χ0) is 37.2. The molecule has 55 heavy (non-hydrogen) atoms. The van der Waals surface area contributed by atoms with Crippen LogP contribution in [0.2, 0.25) is 0 Å². The molecule has 6 aromatic rings. The van der Waals surface area contributed by atoms with E-state index in [0.29, 0.717) is 5.66 Å². The van der Waals surface area contributed by atoms with E-state index >= 15 is 0 Å². The second-order valence-corrected chi connectivity index (χ2v) is 19.0. The SMILES string of the molecule is CC12CCCC=C1C(C1=CCC(P(c3ccccc3)c3ccccc3)C=C1)(c1ccc3c(c1)C(C)(C)c1ccccc1N3c1ccccc1)c1ccccc12. The first-order valence-electron chi connectivity index (χ1n) is 20.1. The van der Waals surface area contributed by atoms with Gasteiger partial charge in [0.05, 0.1) is 16.8 Å². The third-order valence-electron chi connectivity index (χ3n) is 13.2. The second kappa shape index (κ2) is 13.2. The first-order valence-corrected chi connectivity index (χ1v) is 21.5. The predicted octanol–water partition coefficient (Wildman–Crippen LogP) is 12.9. The van der Waals surface area contributed by atoms with Crippen LogP contribution in [0.1, 0.15) is 74.3 Å². The van der Waals surface area contributed by atoms with E-state index in [9.17, 15) is 0 Å². The van der Waals surface area contributed by atoms with Crippen molar-refractivity contribution in [1.82, 2.24) is 0 Å². The van der Waals surface area contributed by atoms with Gasteiger partial charge in [0.15, 0.2) is 0 Å². The zero-order valence-electron chi connectivity index (χ0n) is 32.1. The average molecular weight is 730 g/mol. The third-order valence-corrected chi connectivity index (χ3v) is 16.0. The highest BCUT2D eigenvalue weighted by atomic mass is 31.1. The molecule has 4 aliphatic rings. The van der Waals surface area contributed by atoms with Crippen LogP contribution in [0.25, 0.3) is 0 Å². The molecule has 270 valence electrons. The Kier molecular flexibility index (Phi) is 8.23. The zero-order valence-corrected chi connectivity index (χ0v) is 33.0. The molecular formula is C53H48NP. The summed E-state index contributed by atoms with van der Waals surface area (Å²) in [6, 6.07) is 59.4. The number of nitrogens with zero attached hydrogens (tertiary/aromatic N) is 1. The normalized spacial score (nSPS) is 23.3. The molecule has 0 N–H and O–H groups in total. The molecule has 0 aromatic heterocycles. The topological polar surface area (TPSA) is 3.24 Å². The minimum Gasteiger partial charge on any atom is -0.310 e. The maximum Gasteiger partial charge on any atom is 0.0670 e. The number of benzene rings is 6. The van der Waals surface area contributed by atoms with Crippen LogP contribution in [0.5, 0.6) is 0 Å². The van der Waals surface area contributed by atoms with Crippen molar-refractivity contribution in [1.29, 1.82) is 0 Å². The highest BCUT2D eigenvalue weighted by molar-refractivity contribution is 7.73. The van der Waals surface area contributed by atoms with Gasteiger partial charge in [0.1, 0.15) is 0 Å². The Morgan fingerprint density at radius 3 is 1.85 bits per heavy atom. The summed E-state index contributed by atoms with van der Waals surface area (Å²) >= 11 is 0. The average Bonchev–Trinajstić information content (AvgIpc) is 3.48. The molecule has 3 unspecified atom stereocenters.